The minimum atomic E-state index is -0.345. The van der Waals surface area contributed by atoms with Crippen LogP contribution < -0.4 is 10.8 Å². The first-order valence-electron chi connectivity index (χ1n) is 9.52. The molecule has 3 N–H and O–H groups in total. The van der Waals surface area contributed by atoms with Crippen molar-refractivity contribution in [3.8, 4) is 10.4 Å². The zero-order chi connectivity index (χ0) is 20.1. The van der Waals surface area contributed by atoms with Crippen LogP contribution in [-0.2, 0) is 14.3 Å². The number of nitrogens with one attached hydrogen (secondary N) is 2. The summed E-state index contributed by atoms with van der Waals surface area (Å²) in [4.78, 5) is 26.2. The molecule has 1 saturated heterocycles. The summed E-state index contributed by atoms with van der Waals surface area (Å²) in [7, 11) is 0. The van der Waals surface area contributed by atoms with E-state index in [4.69, 9.17) is 5.21 Å². The van der Waals surface area contributed by atoms with Crippen molar-refractivity contribution < 1.29 is 14.8 Å². The fraction of sp³-hybridized carbons (Fsp3) is 0.429. The second-order valence-electron chi connectivity index (χ2n) is 7.40. The molecule has 7 heteroatoms. The van der Waals surface area contributed by atoms with Gasteiger partial charge in [0.1, 0.15) is 0 Å². The fourth-order valence-corrected chi connectivity index (χ4v) is 6.23. The number of amides is 2. The molecule has 1 atom stereocenters. The molecule has 0 spiro atoms. The molecule has 0 bridgehead atoms. The van der Waals surface area contributed by atoms with E-state index in [9.17, 15) is 9.59 Å². The van der Waals surface area contributed by atoms with E-state index in [1.807, 2.05) is 49.9 Å². The maximum absolute atomic E-state index is 12.0. The highest BCUT2D eigenvalue weighted by Gasteiger charge is 2.38. The van der Waals surface area contributed by atoms with Gasteiger partial charge >= 0.3 is 0 Å². The monoisotopic (exact) mass is 418 g/mol. The van der Waals surface area contributed by atoms with Crippen molar-refractivity contribution >= 4 is 40.6 Å². The first-order chi connectivity index (χ1) is 13.4. The van der Waals surface area contributed by atoms with E-state index in [2.05, 4.69) is 17.4 Å². The quantitative estimate of drug-likeness (QED) is 0.455. The third kappa shape index (κ3) is 4.77. The molecule has 1 aromatic heterocycles. The Morgan fingerprint density at radius 1 is 1.21 bits per heavy atom. The van der Waals surface area contributed by atoms with Gasteiger partial charge < -0.3 is 5.32 Å². The van der Waals surface area contributed by atoms with Crippen molar-refractivity contribution in [1.29, 1.82) is 0 Å². The number of benzene rings is 1. The normalized spacial score (nSPS) is 19.4. The number of rotatable bonds is 6. The van der Waals surface area contributed by atoms with Crippen LogP contribution in [0.3, 0.4) is 0 Å². The lowest BCUT2D eigenvalue weighted by molar-refractivity contribution is -0.129. The van der Waals surface area contributed by atoms with Gasteiger partial charge in [0, 0.05) is 27.8 Å². The van der Waals surface area contributed by atoms with Gasteiger partial charge in [0.2, 0.25) is 11.8 Å². The van der Waals surface area contributed by atoms with Gasteiger partial charge in [-0.3, -0.25) is 14.8 Å². The molecule has 2 heterocycles. The van der Waals surface area contributed by atoms with Crippen LogP contribution in [0.15, 0.2) is 36.4 Å². The fourth-order valence-electron chi connectivity index (χ4n) is 3.35. The molecule has 1 fully saturated rings. The maximum Gasteiger partial charge on any atom is 0.245 e. The van der Waals surface area contributed by atoms with Crippen molar-refractivity contribution in [3.05, 3.63) is 41.3 Å². The van der Waals surface area contributed by atoms with Crippen LogP contribution in [0, 0.1) is 5.92 Å². The molecule has 0 saturated carbocycles. The van der Waals surface area contributed by atoms with Gasteiger partial charge in [0.05, 0.1) is 4.75 Å². The number of anilines is 1. The molecule has 0 radical (unpaired) electrons. The van der Waals surface area contributed by atoms with E-state index >= 15 is 0 Å². The lowest BCUT2D eigenvalue weighted by Crippen LogP contribution is -2.32. The molecule has 1 aromatic carbocycles. The highest BCUT2D eigenvalue weighted by molar-refractivity contribution is 8.00. The topological polar surface area (TPSA) is 78.4 Å². The van der Waals surface area contributed by atoms with E-state index in [0.29, 0.717) is 0 Å². The molecule has 1 aliphatic rings. The zero-order valence-electron chi connectivity index (χ0n) is 16.2. The van der Waals surface area contributed by atoms with Crippen molar-refractivity contribution in [2.24, 2.45) is 5.92 Å². The molecule has 2 aromatic rings. The highest BCUT2D eigenvalue weighted by Crippen LogP contribution is 2.50. The van der Waals surface area contributed by atoms with Crippen LogP contribution >= 0.6 is 23.1 Å². The van der Waals surface area contributed by atoms with Crippen LogP contribution in [0.4, 0.5) is 5.69 Å². The van der Waals surface area contributed by atoms with E-state index in [1.165, 1.54) is 0 Å². The number of carbonyl (C=O) groups is 2. The molecule has 28 heavy (non-hydrogen) atoms. The van der Waals surface area contributed by atoms with E-state index < -0.39 is 0 Å². The van der Waals surface area contributed by atoms with Crippen molar-refractivity contribution in [2.75, 3.05) is 11.1 Å². The summed E-state index contributed by atoms with van der Waals surface area (Å²) in [6.07, 6.45) is 3.44. The van der Waals surface area contributed by atoms with Gasteiger partial charge in [0.25, 0.3) is 0 Å². The predicted octanol–water partition coefficient (Wildman–Crippen LogP) is 5.02. The van der Waals surface area contributed by atoms with Gasteiger partial charge in [-0.1, -0.05) is 32.4 Å². The lowest BCUT2D eigenvalue weighted by Gasteiger charge is -2.35. The largest absolute Gasteiger partial charge is 0.326 e. The predicted molar refractivity (Wildman–Crippen MR) is 116 cm³/mol. The Morgan fingerprint density at radius 3 is 2.71 bits per heavy atom. The van der Waals surface area contributed by atoms with Crippen LogP contribution in [0.2, 0.25) is 0 Å². The molecule has 2 amide bonds. The van der Waals surface area contributed by atoms with E-state index in [0.717, 1.165) is 46.0 Å². The number of thioether (sulfide) groups is 1. The van der Waals surface area contributed by atoms with Gasteiger partial charge in [-0.25, -0.2) is 5.48 Å². The van der Waals surface area contributed by atoms with Crippen LogP contribution in [0.25, 0.3) is 10.4 Å². The van der Waals surface area contributed by atoms with Crippen LogP contribution in [0.1, 0.15) is 44.4 Å². The SMILES string of the molecule is CC(C)C(=O)Nc1cccc(-c2ccc([C@@]3(CC(=O)NO)CCCCS3)s2)c1. The molecular weight excluding hydrogens is 392 g/mol. The first-order valence-corrected chi connectivity index (χ1v) is 11.3. The van der Waals surface area contributed by atoms with Gasteiger partial charge in [0.15, 0.2) is 0 Å². The van der Waals surface area contributed by atoms with Gasteiger partial charge in [-0.15, -0.1) is 23.1 Å². The van der Waals surface area contributed by atoms with Crippen LogP contribution in [-0.4, -0.2) is 22.8 Å². The maximum atomic E-state index is 12.0. The molecule has 0 unspecified atom stereocenters. The minimum absolute atomic E-state index is 0.00315. The van der Waals surface area contributed by atoms with Crippen molar-refractivity contribution in [3.63, 3.8) is 0 Å². The highest BCUT2D eigenvalue weighted by atomic mass is 32.2. The van der Waals surface area contributed by atoms with Crippen molar-refractivity contribution in [2.45, 2.75) is 44.3 Å². The molecule has 0 aliphatic carbocycles. The summed E-state index contributed by atoms with van der Waals surface area (Å²) < 4.78 is -0.280. The van der Waals surface area contributed by atoms with Crippen molar-refractivity contribution in [1.82, 2.24) is 5.48 Å². The standard InChI is InChI=1S/C21H26N2O3S2/c1-14(2)20(25)22-16-7-5-6-15(12-16)17-8-9-18(28-17)21(13-19(24)23-26)10-3-4-11-27-21/h5-9,12,14,26H,3-4,10-11,13H2,1-2H3,(H,22,25)(H,23,24)/t21-/m0/s1. The van der Waals surface area contributed by atoms with Crippen LogP contribution in [0.5, 0.6) is 0 Å². The zero-order valence-corrected chi connectivity index (χ0v) is 17.8. The summed E-state index contributed by atoms with van der Waals surface area (Å²) in [5.74, 6) is 0.597. The number of carbonyl (C=O) groups excluding carboxylic acids is 2. The minimum Gasteiger partial charge on any atom is -0.326 e. The summed E-state index contributed by atoms with van der Waals surface area (Å²) in [5.41, 5.74) is 3.62. The Bertz CT molecular complexity index is 842. The first kappa shape index (κ1) is 20.9. The Hall–Kier alpha value is -1.83. The average molecular weight is 419 g/mol. The van der Waals surface area contributed by atoms with Gasteiger partial charge in [-0.05, 0) is 48.4 Å². The molecule has 1 aliphatic heterocycles. The summed E-state index contributed by atoms with van der Waals surface area (Å²) >= 11 is 3.49. The number of thiophene rings is 1. The summed E-state index contributed by atoms with van der Waals surface area (Å²) in [6.45, 7) is 3.74. The molecule has 5 nitrogen and oxygen atoms in total. The van der Waals surface area contributed by atoms with Gasteiger partial charge in [-0.2, -0.15) is 0 Å². The summed E-state index contributed by atoms with van der Waals surface area (Å²) in [5, 5.41) is 12.0. The smallest absolute Gasteiger partial charge is 0.245 e. The lowest BCUT2D eigenvalue weighted by atomic mass is 9.94. The van der Waals surface area contributed by atoms with E-state index in [-0.39, 0.29) is 28.9 Å². The second kappa shape index (κ2) is 9.11. The molecule has 3 rings (SSSR count). The number of hydrogen-bond donors (Lipinski definition) is 3. The Labute approximate surface area is 173 Å². The third-order valence-corrected chi connectivity index (χ3v) is 8.00. The number of hydrogen-bond acceptors (Lipinski definition) is 5. The number of hydroxylamine groups is 1. The third-order valence-electron chi connectivity index (χ3n) is 4.92. The molecule has 150 valence electrons. The second-order valence-corrected chi connectivity index (χ2v) is 9.96. The molecular formula is C21H26N2O3S2. The Kier molecular flexibility index (Phi) is 6.80. The van der Waals surface area contributed by atoms with E-state index in [1.54, 1.807) is 16.8 Å². The Morgan fingerprint density at radius 2 is 2.04 bits per heavy atom. The average Bonchev–Trinajstić information content (AvgIpc) is 3.20. The Balaban J connectivity index is 1.86. The summed E-state index contributed by atoms with van der Waals surface area (Å²) in [6, 6.07) is 12.0.